The van der Waals surface area contributed by atoms with Gasteiger partial charge in [-0.3, -0.25) is 0 Å². The molecule has 0 spiro atoms. The summed E-state index contributed by atoms with van der Waals surface area (Å²) >= 11 is 0. The molecule has 1 heterocycles. The van der Waals surface area contributed by atoms with Gasteiger partial charge in [0.15, 0.2) is 0 Å². The number of nitriles is 1. The Kier molecular flexibility index (Phi) is 5.18. The van der Waals surface area contributed by atoms with Gasteiger partial charge in [-0.15, -0.1) is 0 Å². The van der Waals surface area contributed by atoms with Gasteiger partial charge in [0.25, 0.3) is 0 Å². The molecule has 112 valence electrons. The van der Waals surface area contributed by atoms with Crippen molar-refractivity contribution in [3.63, 3.8) is 0 Å². The molecule has 0 aliphatic carbocycles. The van der Waals surface area contributed by atoms with Crippen LogP contribution in [0.2, 0.25) is 0 Å². The molecule has 1 aliphatic rings. The summed E-state index contributed by atoms with van der Waals surface area (Å²) in [4.78, 5) is 16.4. The predicted molar refractivity (Wildman–Crippen MR) is 83.1 cm³/mol. The first kappa shape index (κ1) is 15.3. The van der Waals surface area contributed by atoms with Crippen LogP contribution in [0.1, 0.15) is 24.8 Å². The third-order valence-electron chi connectivity index (χ3n) is 3.96. The van der Waals surface area contributed by atoms with E-state index in [2.05, 4.69) is 30.4 Å². The average Bonchev–Trinajstić information content (AvgIpc) is 2.73. The highest BCUT2D eigenvalue weighted by Gasteiger charge is 2.21. The molecule has 0 saturated carbocycles. The Morgan fingerprint density at radius 1 is 1.38 bits per heavy atom. The van der Waals surface area contributed by atoms with Crippen LogP contribution in [0.15, 0.2) is 24.3 Å². The molecule has 1 unspecified atom stereocenters. The van der Waals surface area contributed by atoms with Gasteiger partial charge in [-0.2, -0.15) is 5.26 Å². The largest absolute Gasteiger partial charge is 0.324 e. The maximum absolute atomic E-state index is 12.3. The highest BCUT2D eigenvalue weighted by Crippen LogP contribution is 2.16. The standard InChI is InChI=1S/C16H22N4O/c1-19(2)15-7-4-9-20(10-8-15)16(21)18-14-6-3-5-13(11-14)12-17/h3,5-6,11,15H,4,7-10H2,1-2H3,(H,18,21). The van der Waals surface area contributed by atoms with Gasteiger partial charge in [0, 0.05) is 24.8 Å². The second kappa shape index (κ2) is 7.09. The van der Waals surface area contributed by atoms with Gasteiger partial charge in [-0.25, -0.2) is 4.79 Å². The zero-order chi connectivity index (χ0) is 15.2. The second-order valence-electron chi connectivity index (χ2n) is 5.66. The second-order valence-corrected chi connectivity index (χ2v) is 5.66. The smallest absolute Gasteiger partial charge is 0.321 e. The Hall–Kier alpha value is -2.06. The number of hydrogen-bond acceptors (Lipinski definition) is 3. The van der Waals surface area contributed by atoms with Crippen molar-refractivity contribution in [3.05, 3.63) is 29.8 Å². The number of carbonyl (C=O) groups is 1. The summed E-state index contributed by atoms with van der Waals surface area (Å²) < 4.78 is 0. The normalized spacial score (nSPS) is 19.0. The highest BCUT2D eigenvalue weighted by atomic mass is 16.2. The number of rotatable bonds is 2. The van der Waals surface area contributed by atoms with Crippen LogP contribution < -0.4 is 5.32 Å². The van der Waals surface area contributed by atoms with Gasteiger partial charge in [0.2, 0.25) is 0 Å². The molecular formula is C16H22N4O. The van der Waals surface area contributed by atoms with Crippen molar-refractivity contribution < 1.29 is 4.79 Å². The van der Waals surface area contributed by atoms with E-state index in [9.17, 15) is 4.79 Å². The lowest BCUT2D eigenvalue weighted by Gasteiger charge is -2.23. The fraction of sp³-hybridized carbons (Fsp3) is 0.500. The molecule has 2 amide bonds. The Bertz CT molecular complexity index is 535. The molecule has 1 aromatic rings. The molecule has 1 N–H and O–H groups in total. The summed E-state index contributed by atoms with van der Waals surface area (Å²) in [6, 6.07) is 9.54. The van der Waals surface area contributed by atoms with Crippen molar-refractivity contribution >= 4 is 11.7 Å². The van der Waals surface area contributed by atoms with Crippen molar-refractivity contribution in [3.8, 4) is 6.07 Å². The first-order valence-electron chi connectivity index (χ1n) is 7.32. The number of likely N-dealkylation sites (tertiary alicyclic amines) is 1. The number of nitrogens with one attached hydrogen (secondary N) is 1. The fourth-order valence-corrected chi connectivity index (χ4v) is 2.67. The van der Waals surface area contributed by atoms with E-state index in [0.29, 0.717) is 17.3 Å². The van der Waals surface area contributed by atoms with Crippen LogP contribution in [0.5, 0.6) is 0 Å². The van der Waals surface area contributed by atoms with Crippen LogP contribution in [0.4, 0.5) is 10.5 Å². The van der Waals surface area contributed by atoms with Crippen LogP contribution in [0.3, 0.4) is 0 Å². The summed E-state index contributed by atoms with van der Waals surface area (Å²) in [6.07, 6.45) is 3.15. The van der Waals surface area contributed by atoms with Crippen molar-refractivity contribution in [1.29, 1.82) is 5.26 Å². The maximum atomic E-state index is 12.3. The maximum Gasteiger partial charge on any atom is 0.321 e. The molecule has 0 aromatic heterocycles. The first-order chi connectivity index (χ1) is 10.1. The van der Waals surface area contributed by atoms with Crippen molar-refractivity contribution in [2.24, 2.45) is 0 Å². The zero-order valence-electron chi connectivity index (χ0n) is 12.7. The summed E-state index contributed by atoms with van der Waals surface area (Å²) in [5.74, 6) is 0. The van der Waals surface area contributed by atoms with Crippen LogP contribution >= 0.6 is 0 Å². The Labute approximate surface area is 126 Å². The summed E-state index contributed by atoms with van der Waals surface area (Å²) in [5, 5.41) is 11.8. The molecule has 5 heteroatoms. The number of nitrogens with zero attached hydrogens (tertiary/aromatic N) is 3. The summed E-state index contributed by atoms with van der Waals surface area (Å²) in [5.41, 5.74) is 1.23. The number of urea groups is 1. The van der Waals surface area contributed by atoms with Gasteiger partial charge in [0.1, 0.15) is 0 Å². The van der Waals surface area contributed by atoms with E-state index in [1.54, 1.807) is 24.3 Å². The Morgan fingerprint density at radius 2 is 2.19 bits per heavy atom. The van der Waals surface area contributed by atoms with Gasteiger partial charge in [-0.05, 0) is 51.6 Å². The fourth-order valence-electron chi connectivity index (χ4n) is 2.67. The molecular weight excluding hydrogens is 264 g/mol. The minimum atomic E-state index is -0.0792. The number of carbonyl (C=O) groups excluding carboxylic acids is 1. The monoisotopic (exact) mass is 286 g/mol. The van der Waals surface area contributed by atoms with Gasteiger partial charge in [-0.1, -0.05) is 6.07 Å². The number of anilines is 1. The molecule has 1 saturated heterocycles. The third-order valence-corrected chi connectivity index (χ3v) is 3.96. The van der Waals surface area contributed by atoms with Crippen molar-refractivity contribution in [2.75, 3.05) is 32.5 Å². The van der Waals surface area contributed by atoms with Crippen LogP contribution in [-0.2, 0) is 0 Å². The lowest BCUT2D eigenvalue weighted by Crippen LogP contribution is -2.36. The Morgan fingerprint density at radius 3 is 2.90 bits per heavy atom. The van der Waals surface area contributed by atoms with Crippen LogP contribution in [0.25, 0.3) is 0 Å². The minimum absolute atomic E-state index is 0.0792. The quantitative estimate of drug-likeness (QED) is 0.908. The van der Waals surface area contributed by atoms with E-state index in [0.717, 1.165) is 32.4 Å². The number of hydrogen-bond donors (Lipinski definition) is 1. The highest BCUT2D eigenvalue weighted by molar-refractivity contribution is 5.89. The van der Waals surface area contributed by atoms with Crippen LogP contribution in [-0.4, -0.2) is 49.1 Å². The zero-order valence-corrected chi connectivity index (χ0v) is 12.7. The van der Waals surface area contributed by atoms with Gasteiger partial charge < -0.3 is 15.1 Å². The molecule has 1 fully saturated rings. The molecule has 2 rings (SSSR count). The number of amides is 2. The van der Waals surface area contributed by atoms with E-state index >= 15 is 0 Å². The average molecular weight is 286 g/mol. The minimum Gasteiger partial charge on any atom is -0.324 e. The first-order valence-corrected chi connectivity index (χ1v) is 7.32. The van der Waals surface area contributed by atoms with E-state index in [1.807, 2.05) is 4.90 Å². The topological polar surface area (TPSA) is 59.4 Å². The summed E-state index contributed by atoms with van der Waals surface area (Å²) in [6.45, 7) is 1.56. The molecule has 5 nitrogen and oxygen atoms in total. The van der Waals surface area contributed by atoms with E-state index in [4.69, 9.17) is 5.26 Å². The van der Waals surface area contributed by atoms with Gasteiger partial charge >= 0.3 is 6.03 Å². The third kappa shape index (κ3) is 4.20. The summed E-state index contributed by atoms with van der Waals surface area (Å²) in [7, 11) is 4.18. The van der Waals surface area contributed by atoms with Gasteiger partial charge in [0.05, 0.1) is 11.6 Å². The SMILES string of the molecule is CN(C)C1CCCN(C(=O)Nc2cccc(C#N)c2)CC1. The van der Waals surface area contributed by atoms with Crippen molar-refractivity contribution in [1.82, 2.24) is 9.80 Å². The number of benzene rings is 1. The Balaban J connectivity index is 1.95. The molecule has 1 aromatic carbocycles. The van der Waals surface area contributed by atoms with E-state index < -0.39 is 0 Å². The molecule has 0 bridgehead atoms. The molecule has 1 aliphatic heterocycles. The molecule has 21 heavy (non-hydrogen) atoms. The van der Waals surface area contributed by atoms with Crippen molar-refractivity contribution in [2.45, 2.75) is 25.3 Å². The lowest BCUT2D eigenvalue weighted by atomic mass is 10.1. The predicted octanol–water partition coefficient (Wildman–Crippen LogP) is 2.51. The van der Waals surface area contributed by atoms with E-state index in [-0.39, 0.29) is 6.03 Å². The van der Waals surface area contributed by atoms with Crippen LogP contribution in [0, 0.1) is 11.3 Å². The van der Waals surface area contributed by atoms with E-state index in [1.165, 1.54) is 0 Å². The molecule has 1 atom stereocenters. The molecule has 0 radical (unpaired) electrons. The lowest BCUT2D eigenvalue weighted by molar-refractivity contribution is 0.210.